The van der Waals surface area contributed by atoms with Crippen molar-refractivity contribution >= 4 is 0 Å². The third kappa shape index (κ3) is 3.33. The molecule has 3 unspecified atom stereocenters. The lowest BCUT2D eigenvalue weighted by Crippen LogP contribution is -2.30. The third-order valence-corrected chi connectivity index (χ3v) is 3.86. The van der Waals surface area contributed by atoms with Crippen molar-refractivity contribution in [1.82, 2.24) is 9.78 Å². The molecule has 0 saturated carbocycles. The molecule has 3 atom stereocenters. The summed E-state index contributed by atoms with van der Waals surface area (Å²) in [6.07, 6.45) is 5.51. The van der Waals surface area contributed by atoms with Crippen molar-refractivity contribution in [3.63, 3.8) is 0 Å². The van der Waals surface area contributed by atoms with Gasteiger partial charge in [-0.15, -0.1) is 0 Å². The van der Waals surface area contributed by atoms with Crippen LogP contribution in [-0.2, 0) is 11.2 Å². The number of rotatable bonds is 5. The fourth-order valence-corrected chi connectivity index (χ4v) is 2.37. The lowest BCUT2D eigenvalue weighted by atomic mass is 9.93. The molecule has 1 fully saturated rings. The Kier molecular flexibility index (Phi) is 4.78. The zero-order valence-electron chi connectivity index (χ0n) is 11.4. The first-order valence-electron chi connectivity index (χ1n) is 7.00. The molecule has 0 radical (unpaired) electrons. The smallest absolute Gasteiger partial charge is 0.0650 e. The van der Waals surface area contributed by atoms with Gasteiger partial charge in [0.15, 0.2) is 0 Å². The molecule has 0 aliphatic carbocycles. The predicted molar refractivity (Wildman–Crippen MR) is 70.5 cm³/mol. The fourth-order valence-electron chi connectivity index (χ4n) is 2.37. The first kappa shape index (κ1) is 13.6. The maximum Gasteiger partial charge on any atom is 0.0650 e. The molecule has 1 saturated heterocycles. The molecule has 1 aromatic heterocycles. The van der Waals surface area contributed by atoms with E-state index < -0.39 is 0 Å². The van der Waals surface area contributed by atoms with Crippen molar-refractivity contribution in [2.45, 2.75) is 51.7 Å². The maximum absolute atomic E-state index is 10.2. The predicted octanol–water partition coefficient (Wildman–Crippen LogP) is 2.18. The lowest BCUT2D eigenvalue weighted by Gasteiger charge is -2.26. The summed E-state index contributed by atoms with van der Waals surface area (Å²) in [5.41, 5.74) is 0.980. The Balaban J connectivity index is 1.90. The quantitative estimate of drug-likeness (QED) is 0.873. The van der Waals surface area contributed by atoms with E-state index in [1.54, 1.807) is 0 Å². The van der Waals surface area contributed by atoms with Crippen LogP contribution in [0.5, 0.6) is 0 Å². The van der Waals surface area contributed by atoms with E-state index in [2.05, 4.69) is 18.9 Å². The molecule has 18 heavy (non-hydrogen) atoms. The summed E-state index contributed by atoms with van der Waals surface area (Å²) >= 11 is 0. The normalized spacial score (nSPS) is 23.8. The minimum atomic E-state index is -0.328. The van der Waals surface area contributed by atoms with Gasteiger partial charge >= 0.3 is 0 Å². The van der Waals surface area contributed by atoms with Gasteiger partial charge in [-0.05, 0) is 32.3 Å². The largest absolute Gasteiger partial charge is 0.392 e. The molecular weight excluding hydrogens is 228 g/mol. The Hall–Kier alpha value is -0.870. The summed E-state index contributed by atoms with van der Waals surface area (Å²) in [7, 11) is 0. The van der Waals surface area contributed by atoms with Crippen LogP contribution in [0.25, 0.3) is 0 Å². The van der Waals surface area contributed by atoms with E-state index in [1.165, 1.54) is 0 Å². The average Bonchev–Trinajstić information content (AvgIpc) is 2.87. The van der Waals surface area contributed by atoms with Crippen LogP contribution in [0, 0.1) is 5.92 Å². The molecule has 1 aromatic rings. The number of aliphatic hydroxyl groups is 1. The topological polar surface area (TPSA) is 47.3 Å². The average molecular weight is 252 g/mol. The van der Waals surface area contributed by atoms with Crippen LogP contribution in [0.2, 0.25) is 0 Å². The van der Waals surface area contributed by atoms with E-state index in [1.807, 2.05) is 16.9 Å². The molecule has 4 heteroatoms. The number of nitrogens with zero attached hydrogens (tertiary/aromatic N) is 2. The van der Waals surface area contributed by atoms with E-state index in [9.17, 15) is 5.11 Å². The van der Waals surface area contributed by atoms with E-state index >= 15 is 0 Å². The second-order valence-electron chi connectivity index (χ2n) is 5.29. The SMILES string of the molecule is CCC(C)n1ccc(CC(O)C2CCCOC2)n1. The van der Waals surface area contributed by atoms with Gasteiger partial charge < -0.3 is 9.84 Å². The summed E-state index contributed by atoms with van der Waals surface area (Å²) in [5.74, 6) is 0.271. The van der Waals surface area contributed by atoms with Crippen molar-refractivity contribution in [2.75, 3.05) is 13.2 Å². The molecule has 2 heterocycles. The van der Waals surface area contributed by atoms with E-state index in [0.29, 0.717) is 19.1 Å². The molecular formula is C14H24N2O2. The van der Waals surface area contributed by atoms with Gasteiger partial charge in [-0.25, -0.2) is 0 Å². The van der Waals surface area contributed by atoms with Crippen molar-refractivity contribution in [3.05, 3.63) is 18.0 Å². The molecule has 1 aliphatic heterocycles. The number of hydrogen-bond donors (Lipinski definition) is 1. The standard InChI is InChI=1S/C14H24N2O2/c1-3-11(2)16-7-6-13(15-16)9-14(17)12-5-4-8-18-10-12/h6-7,11-12,14,17H,3-5,8-10H2,1-2H3. The van der Waals surface area contributed by atoms with Gasteiger partial charge in [-0.3, -0.25) is 4.68 Å². The lowest BCUT2D eigenvalue weighted by molar-refractivity contribution is -0.00884. The Morgan fingerprint density at radius 3 is 3.11 bits per heavy atom. The van der Waals surface area contributed by atoms with Crippen LogP contribution in [0.15, 0.2) is 12.3 Å². The highest BCUT2D eigenvalue weighted by Gasteiger charge is 2.23. The Bertz CT molecular complexity index is 358. The molecule has 102 valence electrons. The maximum atomic E-state index is 10.2. The summed E-state index contributed by atoms with van der Waals surface area (Å²) in [6.45, 7) is 5.83. The highest BCUT2D eigenvalue weighted by atomic mass is 16.5. The molecule has 0 amide bonds. The minimum Gasteiger partial charge on any atom is -0.392 e. The first-order chi connectivity index (χ1) is 8.70. The van der Waals surface area contributed by atoms with Crippen LogP contribution in [-0.4, -0.2) is 34.2 Å². The fraction of sp³-hybridized carbons (Fsp3) is 0.786. The van der Waals surface area contributed by atoms with Crippen molar-refractivity contribution in [2.24, 2.45) is 5.92 Å². The Morgan fingerprint density at radius 1 is 1.61 bits per heavy atom. The second-order valence-corrected chi connectivity index (χ2v) is 5.29. The van der Waals surface area contributed by atoms with Gasteiger partial charge in [-0.1, -0.05) is 6.92 Å². The highest BCUT2D eigenvalue weighted by molar-refractivity contribution is 5.02. The summed E-state index contributed by atoms with van der Waals surface area (Å²) in [5, 5.41) is 14.7. The number of ether oxygens (including phenoxy) is 1. The second kappa shape index (κ2) is 6.34. The molecule has 0 aromatic carbocycles. The van der Waals surface area contributed by atoms with Gasteiger partial charge in [0.1, 0.15) is 0 Å². The van der Waals surface area contributed by atoms with Crippen LogP contribution < -0.4 is 0 Å². The monoisotopic (exact) mass is 252 g/mol. The van der Waals surface area contributed by atoms with Crippen LogP contribution in [0.3, 0.4) is 0 Å². The number of aliphatic hydroxyl groups excluding tert-OH is 1. The summed E-state index contributed by atoms with van der Waals surface area (Å²) in [4.78, 5) is 0. The summed E-state index contributed by atoms with van der Waals surface area (Å²) < 4.78 is 7.40. The summed E-state index contributed by atoms with van der Waals surface area (Å²) in [6, 6.07) is 2.44. The number of hydrogen-bond acceptors (Lipinski definition) is 3. The van der Waals surface area contributed by atoms with Gasteiger partial charge in [-0.2, -0.15) is 5.10 Å². The molecule has 4 nitrogen and oxygen atoms in total. The van der Waals surface area contributed by atoms with Crippen LogP contribution in [0.4, 0.5) is 0 Å². The van der Waals surface area contributed by atoms with Gasteiger partial charge in [0.05, 0.1) is 18.4 Å². The Labute approximate surface area is 109 Å². The third-order valence-electron chi connectivity index (χ3n) is 3.86. The van der Waals surface area contributed by atoms with Crippen LogP contribution in [0.1, 0.15) is 44.8 Å². The molecule has 0 bridgehead atoms. The molecule has 1 N–H and O–H groups in total. The van der Waals surface area contributed by atoms with Gasteiger partial charge in [0.25, 0.3) is 0 Å². The molecule has 2 rings (SSSR count). The first-order valence-corrected chi connectivity index (χ1v) is 7.00. The van der Waals surface area contributed by atoms with Gasteiger partial charge in [0.2, 0.25) is 0 Å². The number of aromatic nitrogens is 2. The zero-order chi connectivity index (χ0) is 13.0. The Morgan fingerprint density at radius 2 is 2.44 bits per heavy atom. The van der Waals surface area contributed by atoms with E-state index in [0.717, 1.165) is 31.6 Å². The molecule has 0 spiro atoms. The van der Waals surface area contributed by atoms with Crippen molar-refractivity contribution < 1.29 is 9.84 Å². The highest BCUT2D eigenvalue weighted by Crippen LogP contribution is 2.20. The van der Waals surface area contributed by atoms with Crippen molar-refractivity contribution in [3.8, 4) is 0 Å². The van der Waals surface area contributed by atoms with E-state index in [-0.39, 0.29) is 12.0 Å². The molecule has 1 aliphatic rings. The van der Waals surface area contributed by atoms with Gasteiger partial charge in [0, 0.05) is 31.2 Å². The van der Waals surface area contributed by atoms with Crippen LogP contribution >= 0.6 is 0 Å². The minimum absolute atomic E-state index is 0.271. The zero-order valence-corrected chi connectivity index (χ0v) is 11.4. The van der Waals surface area contributed by atoms with Crippen molar-refractivity contribution in [1.29, 1.82) is 0 Å². The van der Waals surface area contributed by atoms with E-state index in [4.69, 9.17) is 4.74 Å².